The first-order chi connectivity index (χ1) is 13.0. The summed E-state index contributed by atoms with van der Waals surface area (Å²) in [5.41, 5.74) is -0.359. The molecule has 1 fully saturated rings. The molecule has 0 aliphatic heterocycles. The van der Waals surface area contributed by atoms with E-state index in [0.717, 1.165) is 31.1 Å². The molecular formula is C20H27F3IN3O. The van der Waals surface area contributed by atoms with Crippen molar-refractivity contribution in [3.05, 3.63) is 35.4 Å². The van der Waals surface area contributed by atoms with Gasteiger partial charge >= 0.3 is 6.18 Å². The molecule has 0 heterocycles. The van der Waals surface area contributed by atoms with Gasteiger partial charge in [-0.15, -0.1) is 24.0 Å². The van der Waals surface area contributed by atoms with E-state index >= 15 is 0 Å². The third-order valence-electron chi connectivity index (χ3n) is 3.88. The molecule has 0 atom stereocenters. The SMILES string of the molecule is CCNC(=NCCCOCC1CC1)NCC#Cc1cccc(C(F)(F)F)c1.I. The molecule has 2 rings (SSSR count). The number of benzene rings is 1. The van der Waals surface area contributed by atoms with Gasteiger partial charge in [-0.1, -0.05) is 17.9 Å². The van der Waals surface area contributed by atoms with Crippen molar-refractivity contribution in [2.45, 2.75) is 32.4 Å². The lowest BCUT2D eigenvalue weighted by Gasteiger charge is -2.09. The van der Waals surface area contributed by atoms with Crippen LogP contribution < -0.4 is 10.6 Å². The van der Waals surface area contributed by atoms with Gasteiger partial charge in [-0.05, 0) is 50.3 Å². The Labute approximate surface area is 181 Å². The summed E-state index contributed by atoms with van der Waals surface area (Å²) in [7, 11) is 0. The van der Waals surface area contributed by atoms with Crippen LogP contribution in [0.5, 0.6) is 0 Å². The molecule has 0 radical (unpaired) electrons. The minimum absolute atomic E-state index is 0. The molecule has 0 spiro atoms. The first-order valence-electron chi connectivity index (χ1n) is 9.25. The summed E-state index contributed by atoms with van der Waals surface area (Å²) in [5, 5.41) is 6.17. The van der Waals surface area contributed by atoms with E-state index < -0.39 is 11.7 Å². The third-order valence-corrected chi connectivity index (χ3v) is 3.88. The lowest BCUT2D eigenvalue weighted by molar-refractivity contribution is -0.137. The van der Waals surface area contributed by atoms with Crippen LogP contribution in [0.1, 0.15) is 37.3 Å². The van der Waals surface area contributed by atoms with Crippen LogP contribution in [0, 0.1) is 17.8 Å². The highest BCUT2D eigenvalue weighted by Gasteiger charge is 2.30. The largest absolute Gasteiger partial charge is 0.416 e. The summed E-state index contributed by atoms with van der Waals surface area (Å²) in [5.74, 6) is 6.97. The molecule has 156 valence electrons. The Morgan fingerprint density at radius 3 is 2.75 bits per heavy atom. The zero-order valence-corrected chi connectivity index (χ0v) is 18.3. The van der Waals surface area contributed by atoms with Crippen molar-refractivity contribution in [1.29, 1.82) is 0 Å². The topological polar surface area (TPSA) is 45.7 Å². The van der Waals surface area contributed by atoms with Crippen LogP contribution in [0.2, 0.25) is 0 Å². The second-order valence-electron chi connectivity index (χ2n) is 6.37. The van der Waals surface area contributed by atoms with Crippen molar-refractivity contribution in [3.63, 3.8) is 0 Å². The van der Waals surface area contributed by atoms with Crippen molar-refractivity contribution < 1.29 is 17.9 Å². The highest BCUT2D eigenvalue weighted by molar-refractivity contribution is 14.0. The Balaban J connectivity index is 0.00000392. The maximum absolute atomic E-state index is 12.7. The van der Waals surface area contributed by atoms with Crippen molar-refractivity contribution in [3.8, 4) is 11.8 Å². The van der Waals surface area contributed by atoms with Gasteiger partial charge in [0.2, 0.25) is 0 Å². The van der Waals surface area contributed by atoms with Gasteiger partial charge in [0.1, 0.15) is 0 Å². The predicted molar refractivity (Wildman–Crippen MR) is 116 cm³/mol. The molecule has 28 heavy (non-hydrogen) atoms. The fourth-order valence-electron chi connectivity index (χ4n) is 2.28. The molecule has 0 unspecified atom stereocenters. The lowest BCUT2D eigenvalue weighted by Crippen LogP contribution is -2.37. The van der Waals surface area contributed by atoms with E-state index in [1.807, 2.05) is 6.92 Å². The van der Waals surface area contributed by atoms with Crippen LogP contribution in [-0.2, 0) is 10.9 Å². The van der Waals surface area contributed by atoms with Crippen LogP contribution in [0.25, 0.3) is 0 Å². The summed E-state index contributed by atoms with van der Waals surface area (Å²) in [6.07, 6.45) is -0.940. The van der Waals surface area contributed by atoms with E-state index in [0.29, 0.717) is 37.8 Å². The average molecular weight is 509 g/mol. The van der Waals surface area contributed by atoms with Gasteiger partial charge in [-0.2, -0.15) is 13.2 Å². The van der Waals surface area contributed by atoms with Gasteiger partial charge in [0.15, 0.2) is 5.96 Å². The molecular weight excluding hydrogens is 482 g/mol. The van der Waals surface area contributed by atoms with E-state index in [9.17, 15) is 13.2 Å². The fraction of sp³-hybridized carbons (Fsp3) is 0.550. The Morgan fingerprint density at radius 2 is 2.07 bits per heavy atom. The molecule has 1 saturated carbocycles. The van der Waals surface area contributed by atoms with Gasteiger partial charge in [-0.3, -0.25) is 4.99 Å². The zero-order chi connectivity index (χ0) is 19.5. The second kappa shape index (κ2) is 12.9. The standard InChI is InChI=1S/C20H26F3N3O.HI/c1-2-24-19(26-12-5-13-27-15-17-9-10-17)25-11-4-7-16-6-3-8-18(14-16)20(21,22)23;/h3,6,8,14,17H,2,5,9-13,15H2,1H3,(H2,24,25,26);1H. The third kappa shape index (κ3) is 10.2. The molecule has 1 aromatic carbocycles. The highest BCUT2D eigenvalue weighted by Crippen LogP contribution is 2.29. The molecule has 1 aliphatic rings. The van der Waals surface area contributed by atoms with E-state index in [4.69, 9.17) is 4.74 Å². The molecule has 4 nitrogen and oxygen atoms in total. The molecule has 0 bridgehead atoms. The number of nitrogens with one attached hydrogen (secondary N) is 2. The predicted octanol–water partition coefficient (Wildman–Crippen LogP) is 4.05. The molecule has 1 aromatic rings. The minimum Gasteiger partial charge on any atom is -0.381 e. The maximum atomic E-state index is 12.7. The van der Waals surface area contributed by atoms with Crippen molar-refractivity contribution in [2.24, 2.45) is 10.9 Å². The monoisotopic (exact) mass is 509 g/mol. The average Bonchev–Trinajstić information content (AvgIpc) is 3.45. The van der Waals surface area contributed by atoms with Crippen molar-refractivity contribution >= 4 is 29.9 Å². The zero-order valence-electron chi connectivity index (χ0n) is 15.9. The molecule has 0 saturated heterocycles. The Morgan fingerprint density at radius 1 is 1.29 bits per heavy atom. The van der Waals surface area contributed by atoms with Gasteiger partial charge in [0.05, 0.1) is 12.1 Å². The number of halogens is 4. The Kier molecular flexibility index (Phi) is 11.3. The number of ether oxygens (including phenoxy) is 1. The molecule has 0 amide bonds. The Hall–Kier alpha value is -1.47. The number of nitrogens with zero attached hydrogens (tertiary/aromatic N) is 1. The Bertz CT molecular complexity index is 679. The number of hydrogen-bond donors (Lipinski definition) is 2. The van der Waals surface area contributed by atoms with Crippen LogP contribution in [0.4, 0.5) is 13.2 Å². The van der Waals surface area contributed by atoms with E-state index in [1.54, 1.807) is 6.07 Å². The molecule has 1 aliphatic carbocycles. The van der Waals surface area contributed by atoms with Gasteiger partial charge in [0.25, 0.3) is 0 Å². The number of rotatable bonds is 8. The van der Waals surface area contributed by atoms with Gasteiger partial charge in [-0.25, -0.2) is 0 Å². The molecule has 0 aromatic heterocycles. The summed E-state index contributed by atoms with van der Waals surface area (Å²) in [4.78, 5) is 4.43. The van der Waals surface area contributed by atoms with Crippen molar-refractivity contribution in [2.75, 3.05) is 32.8 Å². The fourth-order valence-corrected chi connectivity index (χ4v) is 2.28. The summed E-state index contributed by atoms with van der Waals surface area (Å²) in [6.45, 7) is 5.17. The summed E-state index contributed by atoms with van der Waals surface area (Å²) in [6, 6.07) is 5.00. The maximum Gasteiger partial charge on any atom is 0.416 e. The van der Waals surface area contributed by atoms with Gasteiger partial charge < -0.3 is 15.4 Å². The van der Waals surface area contributed by atoms with Crippen molar-refractivity contribution in [1.82, 2.24) is 10.6 Å². The minimum atomic E-state index is -4.36. The van der Waals surface area contributed by atoms with E-state index in [2.05, 4.69) is 27.5 Å². The normalized spacial score (nSPS) is 13.9. The second-order valence-corrected chi connectivity index (χ2v) is 6.37. The van der Waals surface area contributed by atoms with Crippen LogP contribution >= 0.6 is 24.0 Å². The molecule has 8 heteroatoms. The van der Waals surface area contributed by atoms with E-state index in [-0.39, 0.29) is 24.0 Å². The number of aliphatic imine (C=N–C) groups is 1. The van der Waals surface area contributed by atoms with Crippen LogP contribution in [0.3, 0.4) is 0 Å². The lowest BCUT2D eigenvalue weighted by atomic mass is 10.1. The van der Waals surface area contributed by atoms with E-state index in [1.165, 1.54) is 18.9 Å². The van der Waals surface area contributed by atoms with Crippen LogP contribution in [0.15, 0.2) is 29.3 Å². The quantitative estimate of drug-likeness (QED) is 0.183. The number of guanidine groups is 1. The van der Waals surface area contributed by atoms with Crippen LogP contribution in [-0.4, -0.2) is 38.8 Å². The number of alkyl halides is 3. The first kappa shape index (κ1) is 24.6. The summed E-state index contributed by atoms with van der Waals surface area (Å²) >= 11 is 0. The van der Waals surface area contributed by atoms with Gasteiger partial charge in [0, 0.05) is 31.9 Å². The molecule has 2 N–H and O–H groups in total. The smallest absolute Gasteiger partial charge is 0.381 e. The number of hydrogen-bond acceptors (Lipinski definition) is 2. The first-order valence-corrected chi connectivity index (χ1v) is 9.25. The highest BCUT2D eigenvalue weighted by atomic mass is 127. The summed E-state index contributed by atoms with van der Waals surface area (Å²) < 4.78 is 43.6.